The monoisotopic (exact) mass is 301 g/mol. The van der Waals surface area contributed by atoms with E-state index in [-0.39, 0.29) is 0 Å². The molecule has 11 heavy (non-hydrogen) atoms. The third kappa shape index (κ3) is 3.55. The van der Waals surface area contributed by atoms with Crippen LogP contribution in [0.5, 0.6) is 0 Å². The number of rotatable bonds is 2. The summed E-state index contributed by atoms with van der Waals surface area (Å²) in [6.45, 7) is 4.26. The van der Waals surface area contributed by atoms with Gasteiger partial charge in [-0.2, -0.15) is 0 Å². The van der Waals surface area contributed by atoms with Gasteiger partial charge in [0.1, 0.15) is 4.38 Å². The maximum absolute atomic E-state index is 4.51. The lowest BCUT2D eigenvalue weighted by molar-refractivity contribution is 0.842. The molecule has 0 radical (unpaired) electrons. The summed E-state index contributed by atoms with van der Waals surface area (Å²) in [6.07, 6.45) is 0. The second-order valence-electron chi connectivity index (χ2n) is 2.69. The van der Waals surface area contributed by atoms with Crippen molar-refractivity contribution in [2.75, 3.05) is 10.2 Å². The first-order chi connectivity index (χ1) is 5.22. The minimum absolute atomic E-state index is 0.456. The van der Waals surface area contributed by atoms with E-state index in [4.69, 9.17) is 0 Å². The van der Waals surface area contributed by atoms with E-state index in [2.05, 4.69) is 41.4 Å². The van der Waals surface area contributed by atoms with Crippen molar-refractivity contribution in [1.82, 2.24) is 0 Å². The maximum atomic E-state index is 4.51. The molecule has 1 saturated heterocycles. The normalized spacial score (nSPS) is 28.7. The molecule has 1 aliphatic heterocycles. The van der Waals surface area contributed by atoms with Crippen LogP contribution in [0.25, 0.3) is 0 Å². The van der Waals surface area contributed by atoms with Crippen LogP contribution in [-0.4, -0.2) is 25.8 Å². The molecule has 0 aromatic heterocycles. The Hall–Kier alpha value is 1.10. The van der Waals surface area contributed by atoms with Crippen molar-refractivity contribution >= 4 is 50.5 Å². The zero-order chi connectivity index (χ0) is 8.27. The predicted molar refractivity (Wildman–Crippen MR) is 65.3 cm³/mol. The molecule has 1 rings (SSSR count). The number of halogens is 1. The highest BCUT2D eigenvalue weighted by molar-refractivity contribution is 14.1. The number of hydrogen-bond acceptors (Lipinski definition) is 3. The Morgan fingerprint density at radius 1 is 1.73 bits per heavy atom. The molecule has 0 bridgehead atoms. The summed E-state index contributed by atoms with van der Waals surface area (Å²) >= 11 is 6.30. The lowest BCUT2D eigenvalue weighted by Crippen LogP contribution is -2.00. The average molecular weight is 301 g/mol. The van der Waals surface area contributed by atoms with Gasteiger partial charge in [0.2, 0.25) is 0 Å². The van der Waals surface area contributed by atoms with Gasteiger partial charge < -0.3 is 0 Å². The number of nitrogens with zero attached hydrogens (tertiary/aromatic N) is 1. The van der Waals surface area contributed by atoms with Crippen molar-refractivity contribution in [2.24, 2.45) is 4.99 Å². The minimum Gasteiger partial charge on any atom is -0.269 e. The molecule has 64 valence electrons. The molecule has 4 heteroatoms. The van der Waals surface area contributed by atoms with Gasteiger partial charge in [0, 0.05) is 21.5 Å². The maximum Gasteiger partial charge on any atom is 0.125 e. The molecular weight excluding hydrogens is 289 g/mol. The molecule has 0 aromatic rings. The van der Waals surface area contributed by atoms with Crippen LogP contribution in [0.1, 0.15) is 13.8 Å². The van der Waals surface area contributed by atoms with Crippen LogP contribution in [0.15, 0.2) is 4.99 Å². The summed E-state index contributed by atoms with van der Waals surface area (Å²) in [5.74, 6) is 1.25. The van der Waals surface area contributed by atoms with Crippen LogP contribution >= 0.6 is 46.1 Å². The van der Waals surface area contributed by atoms with E-state index in [9.17, 15) is 0 Å². The zero-order valence-electron chi connectivity index (χ0n) is 6.71. The summed E-state index contributed by atoms with van der Waals surface area (Å²) in [6, 6.07) is 0.456. The first-order valence-corrected chi connectivity index (χ1v) is 7.04. The van der Waals surface area contributed by atoms with E-state index >= 15 is 0 Å². The number of alkyl halides is 1. The smallest absolute Gasteiger partial charge is 0.125 e. The highest BCUT2D eigenvalue weighted by Crippen LogP contribution is 2.34. The van der Waals surface area contributed by atoms with Crippen LogP contribution in [0, 0.1) is 0 Å². The average Bonchev–Trinajstić information content (AvgIpc) is 2.34. The summed E-state index contributed by atoms with van der Waals surface area (Å²) in [7, 11) is 0. The molecular formula is C7H12INS2. The van der Waals surface area contributed by atoms with Gasteiger partial charge in [-0.05, 0) is 13.8 Å². The number of thioether (sulfide) groups is 2. The van der Waals surface area contributed by atoms with Crippen LogP contribution in [-0.2, 0) is 0 Å². The lowest BCUT2D eigenvalue weighted by atomic mass is 10.4. The van der Waals surface area contributed by atoms with E-state index in [0.29, 0.717) is 6.04 Å². The van der Waals surface area contributed by atoms with Crippen molar-refractivity contribution in [3.05, 3.63) is 0 Å². The Bertz CT molecular complexity index is 159. The van der Waals surface area contributed by atoms with Gasteiger partial charge in [-0.15, -0.1) is 0 Å². The molecule has 1 fully saturated rings. The lowest BCUT2D eigenvalue weighted by Gasteiger charge is -1.99. The first kappa shape index (κ1) is 10.2. The Morgan fingerprint density at radius 3 is 2.91 bits per heavy atom. The largest absolute Gasteiger partial charge is 0.269 e. The van der Waals surface area contributed by atoms with Gasteiger partial charge in [-0.1, -0.05) is 46.1 Å². The highest BCUT2D eigenvalue weighted by atomic mass is 127. The Kier molecular flexibility index (Phi) is 4.60. The van der Waals surface area contributed by atoms with Gasteiger partial charge in [0.25, 0.3) is 0 Å². The molecule has 0 spiro atoms. The summed E-state index contributed by atoms with van der Waals surface area (Å²) < 4.78 is 2.54. The summed E-state index contributed by atoms with van der Waals surface area (Å²) in [4.78, 5) is 4.51. The van der Waals surface area contributed by atoms with Gasteiger partial charge in [0.15, 0.2) is 0 Å². The Labute approximate surface area is 90.3 Å². The second kappa shape index (κ2) is 4.97. The first-order valence-electron chi connectivity index (χ1n) is 3.65. The fourth-order valence-electron chi connectivity index (χ4n) is 0.729. The van der Waals surface area contributed by atoms with Crippen molar-refractivity contribution in [3.8, 4) is 0 Å². The standard InChI is InChI=1S/C7H12INS2/c1-5(2)9-7-10-4-6(3-8)11-7/h5-6H,3-4H2,1-2H3. The van der Waals surface area contributed by atoms with Crippen molar-refractivity contribution in [3.63, 3.8) is 0 Å². The number of aliphatic imine (C=N–C) groups is 1. The van der Waals surface area contributed by atoms with Crippen LogP contribution < -0.4 is 0 Å². The summed E-state index contributed by atoms with van der Waals surface area (Å²) in [5, 5.41) is 0.804. The molecule has 1 atom stereocenters. The second-order valence-corrected chi connectivity index (χ2v) is 6.13. The Morgan fingerprint density at radius 2 is 2.45 bits per heavy atom. The molecule has 0 saturated carbocycles. The molecule has 0 aromatic carbocycles. The molecule has 0 aliphatic carbocycles. The van der Waals surface area contributed by atoms with E-state index in [1.807, 2.05) is 23.5 Å². The third-order valence-electron chi connectivity index (χ3n) is 1.20. The van der Waals surface area contributed by atoms with Gasteiger partial charge in [-0.3, -0.25) is 4.99 Å². The zero-order valence-corrected chi connectivity index (χ0v) is 10.5. The highest BCUT2D eigenvalue weighted by Gasteiger charge is 2.20. The fourth-order valence-corrected chi connectivity index (χ4v) is 4.72. The number of hydrogen-bond donors (Lipinski definition) is 0. The van der Waals surface area contributed by atoms with Gasteiger partial charge in [0.05, 0.1) is 0 Å². The van der Waals surface area contributed by atoms with E-state index in [1.54, 1.807) is 0 Å². The van der Waals surface area contributed by atoms with E-state index < -0.39 is 0 Å². The van der Waals surface area contributed by atoms with Crippen LogP contribution in [0.4, 0.5) is 0 Å². The van der Waals surface area contributed by atoms with Crippen molar-refractivity contribution in [1.29, 1.82) is 0 Å². The van der Waals surface area contributed by atoms with Crippen LogP contribution in [0.2, 0.25) is 0 Å². The van der Waals surface area contributed by atoms with E-state index in [0.717, 1.165) is 5.25 Å². The fraction of sp³-hybridized carbons (Fsp3) is 0.857. The quantitative estimate of drug-likeness (QED) is 0.574. The summed E-state index contributed by atoms with van der Waals surface area (Å²) in [5.41, 5.74) is 0. The van der Waals surface area contributed by atoms with Gasteiger partial charge >= 0.3 is 0 Å². The van der Waals surface area contributed by atoms with Gasteiger partial charge in [-0.25, -0.2) is 0 Å². The van der Waals surface area contributed by atoms with E-state index in [1.165, 1.54) is 14.6 Å². The predicted octanol–water partition coefficient (Wildman–Crippen LogP) is 3.03. The molecule has 0 amide bonds. The molecule has 0 N–H and O–H groups in total. The van der Waals surface area contributed by atoms with Crippen molar-refractivity contribution < 1.29 is 0 Å². The topological polar surface area (TPSA) is 12.4 Å². The molecule has 1 aliphatic rings. The molecule has 1 unspecified atom stereocenters. The molecule has 1 heterocycles. The Balaban J connectivity index is 2.41. The van der Waals surface area contributed by atoms with Crippen molar-refractivity contribution in [2.45, 2.75) is 25.1 Å². The molecule has 1 nitrogen and oxygen atoms in total. The third-order valence-corrected chi connectivity index (χ3v) is 5.61. The minimum atomic E-state index is 0.456. The SMILES string of the molecule is CC(C)N=C1SCC(CI)S1. The van der Waals surface area contributed by atoms with Crippen LogP contribution in [0.3, 0.4) is 0 Å².